The molecule has 0 saturated heterocycles. The van der Waals surface area contributed by atoms with Crippen LogP contribution in [0.4, 0.5) is 10.5 Å². The van der Waals surface area contributed by atoms with E-state index in [4.69, 9.17) is 14.2 Å². The Hall–Kier alpha value is -4.40. The van der Waals surface area contributed by atoms with Crippen molar-refractivity contribution in [1.29, 1.82) is 0 Å². The van der Waals surface area contributed by atoms with Crippen molar-refractivity contribution >= 4 is 23.4 Å². The van der Waals surface area contributed by atoms with Gasteiger partial charge in [-0.15, -0.1) is 0 Å². The first-order chi connectivity index (χ1) is 17.5. The van der Waals surface area contributed by atoms with Crippen LogP contribution in [-0.2, 0) is 11.2 Å². The van der Waals surface area contributed by atoms with Gasteiger partial charge in [0.15, 0.2) is 11.5 Å². The van der Waals surface area contributed by atoms with E-state index in [-0.39, 0.29) is 5.91 Å². The molecule has 0 radical (unpaired) electrons. The Bertz CT molecular complexity index is 1240. The van der Waals surface area contributed by atoms with Gasteiger partial charge in [0, 0.05) is 29.2 Å². The smallest absolute Gasteiger partial charge is 0.431 e. The van der Waals surface area contributed by atoms with Crippen molar-refractivity contribution in [1.82, 2.24) is 9.99 Å². The molecule has 0 fully saturated rings. The minimum absolute atomic E-state index is 0.205. The average molecular weight is 489 g/mol. The third-order valence-electron chi connectivity index (χ3n) is 5.80. The molecule has 186 valence electrons. The number of hydrogen-bond acceptors (Lipinski definition) is 7. The van der Waals surface area contributed by atoms with Crippen LogP contribution >= 0.6 is 0 Å². The molecule has 4 rings (SSSR count). The zero-order valence-corrected chi connectivity index (χ0v) is 20.4. The molecule has 9 nitrogen and oxygen atoms in total. The molecule has 2 heterocycles. The monoisotopic (exact) mass is 488 g/mol. The van der Waals surface area contributed by atoms with Crippen LogP contribution in [0.3, 0.4) is 0 Å². The number of nitrogens with zero attached hydrogens (tertiary/aromatic N) is 3. The fraction of sp³-hybridized carbons (Fsp3) is 0.259. The van der Waals surface area contributed by atoms with E-state index in [0.717, 1.165) is 11.1 Å². The molecular weight excluding hydrogens is 460 g/mol. The van der Waals surface area contributed by atoms with E-state index in [1.165, 1.54) is 5.01 Å². The van der Waals surface area contributed by atoms with Gasteiger partial charge in [0.2, 0.25) is 0 Å². The van der Waals surface area contributed by atoms with Crippen molar-refractivity contribution < 1.29 is 23.8 Å². The van der Waals surface area contributed by atoms with Crippen molar-refractivity contribution in [3.05, 3.63) is 83.7 Å². The van der Waals surface area contributed by atoms with Crippen molar-refractivity contribution in [3.63, 3.8) is 0 Å². The summed E-state index contributed by atoms with van der Waals surface area (Å²) in [4.78, 5) is 28.8. The number of aromatic nitrogens is 1. The van der Waals surface area contributed by atoms with Gasteiger partial charge in [0.25, 0.3) is 5.91 Å². The largest absolute Gasteiger partial charge is 0.493 e. The number of methoxy groups -OCH3 is 2. The van der Waals surface area contributed by atoms with Crippen LogP contribution < -0.4 is 14.8 Å². The van der Waals surface area contributed by atoms with Gasteiger partial charge >= 0.3 is 6.09 Å². The zero-order valence-electron chi connectivity index (χ0n) is 20.4. The van der Waals surface area contributed by atoms with Gasteiger partial charge in [-0.25, -0.2) is 4.79 Å². The predicted molar refractivity (Wildman–Crippen MR) is 136 cm³/mol. The molecule has 3 aromatic rings. The van der Waals surface area contributed by atoms with Crippen LogP contribution in [0.5, 0.6) is 11.5 Å². The van der Waals surface area contributed by atoms with Crippen molar-refractivity contribution in [2.45, 2.75) is 25.9 Å². The highest BCUT2D eigenvalue weighted by Gasteiger charge is 2.31. The molecule has 0 saturated carbocycles. The lowest BCUT2D eigenvalue weighted by molar-refractivity contribution is 0.0741. The number of nitrogens with one attached hydrogen (secondary N) is 1. The van der Waals surface area contributed by atoms with Gasteiger partial charge in [0.1, 0.15) is 11.8 Å². The molecular formula is C27H28N4O5. The van der Waals surface area contributed by atoms with Crippen LogP contribution in [0.2, 0.25) is 0 Å². The number of benzene rings is 2. The van der Waals surface area contributed by atoms with Crippen LogP contribution in [0.25, 0.3) is 0 Å². The lowest BCUT2D eigenvalue weighted by Crippen LogP contribution is -2.42. The Labute approximate surface area is 209 Å². The molecule has 0 spiro atoms. The number of rotatable bonds is 9. The van der Waals surface area contributed by atoms with E-state index >= 15 is 0 Å². The molecule has 36 heavy (non-hydrogen) atoms. The highest BCUT2D eigenvalue weighted by Crippen LogP contribution is 2.30. The topological polar surface area (TPSA) is 102 Å². The van der Waals surface area contributed by atoms with Gasteiger partial charge in [-0.2, -0.15) is 10.1 Å². The SMILES string of the molecule is CCC1OC(=O)N(CCc2ccc(NC(=O)c3ccncc3)cc2)N=C1c1ccc(OC)c(OC)c1. The highest BCUT2D eigenvalue weighted by atomic mass is 16.6. The molecule has 0 aliphatic carbocycles. The Morgan fingerprint density at radius 2 is 1.75 bits per heavy atom. The lowest BCUT2D eigenvalue weighted by Gasteiger charge is -2.29. The number of ether oxygens (including phenoxy) is 3. The molecule has 1 unspecified atom stereocenters. The molecule has 1 aromatic heterocycles. The van der Waals surface area contributed by atoms with Gasteiger partial charge in [-0.3, -0.25) is 9.78 Å². The maximum atomic E-state index is 12.6. The van der Waals surface area contributed by atoms with Crippen LogP contribution in [0.15, 0.2) is 72.1 Å². The highest BCUT2D eigenvalue weighted by molar-refractivity contribution is 6.06. The number of anilines is 1. The average Bonchev–Trinajstić information content (AvgIpc) is 2.93. The normalized spacial score (nSPS) is 15.1. The minimum atomic E-state index is -0.479. The summed E-state index contributed by atoms with van der Waals surface area (Å²) in [6.45, 7) is 2.29. The molecule has 1 aliphatic rings. The van der Waals surface area contributed by atoms with Gasteiger partial charge < -0.3 is 19.5 Å². The third-order valence-corrected chi connectivity index (χ3v) is 5.80. The summed E-state index contributed by atoms with van der Waals surface area (Å²) in [7, 11) is 3.15. The lowest BCUT2D eigenvalue weighted by atomic mass is 10.0. The summed E-state index contributed by atoms with van der Waals surface area (Å²) in [5.41, 5.74) is 3.66. The molecule has 2 aromatic carbocycles. The summed E-state index contributed by atoms with van der Waals surface area (Å²) in [5, 5.41) is 8.84. The van der Waals surface area contributed by atoms with Gasteiger partial charge in [-0.05, 0) is 60.9 Å². The number of cyclic esters (lactones) is 1. The number of amides is 2. The van der Waals surface area contributed by atoms with Crippen LogP contribution in [0.1, 0.15) is 34.8 Å². The van der Waals surface area contributed by atoms with E-state index in [2.05, 4.69) is 15.4 Å². The Balaban J connectivity index is 1.45. The quantitative estimate of drug-likeness (QED) is 0.475. The van der Waals surface area contributed by atoms with E-state index < -0.39 is 12.2 Å². The Morgan fingerprint density at radius 3 is 2.42 bits per heavy atom. The molecule has 2 amide bonds. The summed E-state index contributed by atoms with van der Waals surface area (Å²) >= 11 is 0. The number of carbonyl (C=O) groups is 2. The predicted octanol–water partition coefficient (Wildman–Crippen LogP) is 4.53. The van der Waals surface area contributed by atoms with Crippen LogP contribution in [-0.4, -0.2) is 54.6 Å². The maximum Gasteiger partial charge on any atom is 0.431 e. The van der Waals surface area contributed by atoms with Crippen molar-refractivity contribution in [2.75, 3.05) is 26.1 Å². The summed E-state index contributed by atoms with van der Waals surface area (Å²) in [6.07, 6.45) is 3.38. The molecule has 1 N–H and O–H groups in total. The summed E-state index contributed by atoms with van der Waals surface area (Å²) in [6, 6.07) is 16.3. The summed E-state index contributed by atoms with van der Waals surface area (Å²) in [5.74, 6) is 0.982. The van der Waals surface area contributed by atoms with E-state index in [0.29, 0.717) is 47.8 Å². The van der Waals surface area contributed by atoms with E-state index in [9.17, 15) is 9.59 Å². The first-order valence-corrected chi connectivity index (χ1v) is 11.6. The zero-order chi connectivity index (χ0) is 25.5. The molecule has 1 aliphatic heterocycles. The second-order valence-electron chi connectivity index (χ2n) is 8.10. The molecule has 9 heteroatoms. The number of carbonyl (C=O) groups excluding carboxylic acids is 2. The second-order valence-corrected chi connectivity index (χ2v) is 8.10. The van der Waals surface area contributed by atoms with Gasteiger partial charge in [0.05, 0.1) is 20.8 Å². The molecule has 0 bridgehead atoms. The second kappa shape index (κ2) is 11.4. The van der Waals surface area contributed by atoms with Crippen LogP contribution in [0, 0.1) is 0 Å². The Morgan fingerprint density at radius 1 is 1.03 bits per heavy atom. The number of hydrogen-bond donors (Lipinski definition) is 1. The first kappa shape index (κ1) is 24.7. The third kappa shape index (κ3) is 5.63. The molecule has 1 atom stereocenters. The van der Waals surface area contributed by atoms with Crippen molar-refractivity contribution in [3.8, 4) is 11.5 Å². The standard InChI is InChI=1S/C27H28N4O5/c1-4-22-25(20-7-10-23(34-2)24(17-20)35-3)30-31(27(33)36-22)16-13-18-5-8-21(9-6-18)29-26(32)19-11-14-28-15-12-19/h5-12,14-15,17,22H,4,13,16H2,1-3H3,(H,29,32). The number of hydrazone groups is 1. The maximum absolute atomic E-state index is 12.6. The van der Waals surface area contributed by atoms with Crippen molar-refractivity contribution in [2.24, 2.45) is 5.10 Å². The minimum Gasteiger partial charge on any atom is -0.493 e. The fourth-order valence-electron chi connectivity index (χ4n) is 3.83. The number of pyridine rings is 1. The van der Waals surface area contributed by atoms with E-state index in [1.807, 2.05) is 43.3 Å². The first-order valence-electron chi connectivity index (χ1n) is 11.6. The van der Waals surface area contributed by atoms with Gasteiger partial charge in [-0.1, -0.05) is 19.1 Å². The Kier molecular flexibility index (Phi) is 7.79. The fourth-order valence-corrected chi connectivity index (χ4v) is 3.83. The van der Waals surface area contributed by atoms with E-state index in [1.54, 1.807) is 44.8 Å². The summed E-state index contributed by atoms with van der Waals surface area (Å²) < 4.78 is 16.4.